The third kappa shape index (κ3) is 2.70. The number of rotatable bonds is 3. The van der Waals surface area contributed by atoms with Crippen LogP contribution in [-0.2, 0) is 9.59 Å². The highest BCUT2D eigenvalue weighted by Crippen LogP contribution is 2.63. The second-order valence-corrected chi connectivity index (χ2v) is 10.1. The second-order valence-electron chi connectivity index (χ2n) is 10.1. The molecule has 3 fully saturated rings. The van der Waals surface area contributed by atoms with Crippen molar-refractivity contribution in [2.45, 2.75) is 59.8 Å². The van der Waals surface area contributed by atoms with E-state index in [0.29, 0.717) is 35.9 Å². The molecule has 2 saturated carbocycles. The molecule has 0 N–H and O–H groups in total. The molecule has 0 spiro atoms. The van der Waals surface area contributed by atoms with E-state index in [1.54, 1.807) is 11.0 Å². The van der Waals surface area contributed by atoms with E-state index in [1.165, 1.54) is 32.1 Å². The molecule has 1 amide bonds. The lowest BCUT2D eigenvalue weighted by molar-refractivity contribution is -0.129. The van der Waals surface area contributed by atoms with Crippen molar-refractivity contribution < 1.29 is 9.59 Å². The number of piperidine rings is 1. The highest BCUT2D eigenvalue weighted by molar-refractivity contribution is 6.24. The molecular formula is C24H36N2O2. The Morgan fingerprint density at radius 1 is 1.18 bits per heavy atom. The van der Waals surface area contributed by atoms with Crippen LogP contribution in [0.3, 0.4) is 0 Å². The van der Waals surface area contributed by atoms with Crippen LogP contribution >= 0.6 is 0 Å². The maximum absolute atomic E-state index is 13.1. The first-order valence-corrected chi connectivity index (χ1v) is 11.2. The fourth-order valence-electron chi connectivity index (χ4n) is 7.16. The van der Waals surface area contributed by atoms with Crippen LogP contribution in [-0.4, -0.2) is 48.2 Å². The average Bonchev–Trinajstić information content (AvgIpc) is 3.06. The van der Waals surface area contributed by atoms with E-state index in [2.05, 4.69) is 31.9 Å². The number of likely N-dealkylation sites (tertiary alicyclic amines) is 1. The van der Waals surface area contributed by atoms with Gasteiger partial charge in [-0.3, -0.25) is 9.59 Å². The summed E-state index contributed by atoms with van der Waals surface area (Å²) >= 11 is 0. The Balaban J connectivity index is 1.74. The Hall–Kier alpha value is -1.58. The summed E-state index contributed by atoms with van der Waals surface area (Å²) in [6.45, 7) is 11.1. The number of hydrogen-bond acceptors (Lipinski definition) is 3. The lowest BCUT2D eigenvalue weighted by Crippen LogP contribution is -2.56. The number of allylic oxidation sites excluding steroid dienone is 2. The molecule has 5 atom stereocenters. The lowest BCUT2D eigenvalue weighted by atomic mass is 9.51. The maximum atomic E-state index is 13.1. The van der Waals surface area contributed by atoms with Gasteiger partial charge in [-0.25, -0.2) is 0 Å². The van der Waals surface area contributed by atoms with E-state index in [4.69, 9.17) is 0 Å². The van der Waals surface area contributed by atoms with Gasteiger partial charge in [-0.05, 0) is 62.7 Å². The Kier molecular flexibility index (Phi) is 4.75. The number of amides is 1. The maximum Gasteiger partial charge on any atom is 0.257 e. The molecule has 0 bridgehead atoms. The number of nitrogens with zero attached hydrogens (tertiary/aromatic N) is 2. The Morgan fingerprint density at radius 3 is 2.57 bits per heavy atom. The van der Waals surface area contributed by atoms with Gasteiger partial charge in [0.15, 0.2) is 5.78 Å². The first-order valence-electron chi connectivity index (χ1n) is 11.2. The molecule has 4 aliphatic rings. The van der Waals surface area contributed by atoms with Crippen molar-refractivity contribution in [1.82, 2.24) is 9.80 Å². The predicted molar refractivity (Wildman–Crippen MR) is 112 cm³/mol. The van der Waals surface area contributed by atoms with Crippen molar-refractivity contribution in [1.29, 1.82) is 0 Å². The number of carbonyl (C=O) groups excluding carboxylic acids is 2. The SMILES string of the molecule is CCN(CC)C(=O)C1=C[C@@]2(C)C(=CC1=O)N(C)C[C@@H]1[C@H]2CC[C@]2(C)CCC[C@@H]12. The van der Waals surface area contributed by atoms with E-state index in [-0.39, 0.29) is 17.1 Å². The Labute approximate surface area is 170 Å². The molecule has 1 heterocycles. The van der Waals surface area contributed by atoms with E-state index < -0.39 is 0 Å². The Morgan fingerprint density at radius 2 is 1.89 bits per heavy atom. The third-order valence-corrected chi connectivity index (χ3v) is 8.69. The van der Waals surface area contributed by atoms with Crippen LogP contribution in [0.1, 0.15) is 59.8 Å². The van der Waals surface area contributed by atoms with E-state index in [9.17, 15) is 9.59 Å². The van der Waals surface area contributed by atoms with Gasteiger partial charge in [0.25, 0.3) is 5.91 Å². The van der Waals surface area contributed by atoms with Crippen LogP contribution < -0.4 is 0 Å². The summed E-state index contributed by atoms with van der Waals surface area (Å²) < 4.78 is 0. The van der Waals surface area contributed by atoms with Gasteiger partial charge in [-0.2, -0.15) is 0 Å². The summed E-state index contributed by atoms with van der Waals surface area (Å²) in [5.41, 5.74) is 1.79. The monoisotopic (exact) mass is 384 g/mol. The highest BCUT2D eigenvalue weighted by Gasteiger charge is 2.57. The van der Waals surface area contributed by atoms with Gasteiger partial charge in [0.1, 0.15) is 0 Å². The summed E-state index contributed by atoms with van der Waals surface area (Å²) in [6.07, 6.45) is 10.4. The summed E-state index contributed by atoms with van der Waals surface area (Å²) in [5, 5.41) is 0. The number of fused-ring (bicyclic) bond motifs is 5. The zero-order valence-electron chi connectivity index (χ0n) is 18.3. The molecule has 0 aromatic rings. The molecule has 0 radical (unpaired) electrons. The minimum Gasteiger partial charge on any atom is -0.377 e. The highest BCUT2D eigenvalue weighted by atomic mass is 16.2. The number of hydrogen-bond donors (Lipinski definition) is 0. The molecule has 4 rings (SSSR count). The molecular weight excluding hydrogens is 348 g/mol. The molecule has 154 valence electrons. The second kappa shape index (κ2) is 6.74. The van der Waals surface area contributed by atoms with Crippen molar-refractivity contribution in [2.75, 3.05) is 26.7 Å². The van der Waals surface area contributed by atoms with Crippen LogP contribution in [0.2, 0.25) is 0 Å². The number of likely N-dealkylation sites (N-methyl/N-ethyl adjacent to an activating group) is 1. The molecule has 0 aromatic heterocycles. The first kappa shape index (κ1) is 19.7. The standard InChI is InChI=1S/C24H36N2O2/c1-6-26(7-2)22(28)16-14-24(4)19-10-12-23(3)11-8-9-18(23)17(19)15-25(5)21(24)13-20(16)27/h13-14,17-19H,6-12,15H2,1-5H3/t17-,18-,19+,23-,24+/m0/s1. The van der Waals surface area contributed by atoms with Crippen molar-refractivity contribution in [3.05, 3.63) is 23.4 Å². The summed E-state index contributed by atoms with van der Waals surface area (Å²) in [4.78, 5) is 30.0. The van der Waals surface area contributed by atoms with E-state index in [0.717, 1.165) is 18.2 Å². The van der Waals surface area contributed by atoms with Gasteiger partial charge < -0.3 is 9.80 Å². The van der Waals surface area contributed by atoms with Crippen molar-refractivity contribution in [2.24, 2.45) is 28.6 Å². The molecule has 4 nitrogen and oxygen atoms in total. The van der Waals surface area contributed by atoms with Crippen LogP contribution in [0.4, 0.5) is 0 Å². The molecule has 28 heavy (non-hydrogen) atoms. The quantitative estimate of drug-likeness (QED) is 0.690. The fourth-order valence-corrected chi connectivity index (χ4v) is 7.16. The fraction of sp³-hybridized carbons (Fsp3) is 0.750. The predicted octanol–water partition coefficient (Wildman–Crippen LogP) is 4.03. The molecule has 1 saturated heterocycles. The summed E-state index contributed by atoms with van der Waals surface area (Å²) in [5.74, 6) is 1.75. The third-order valence-electron chi connectivity index (χ3n) is 8.69. The van der Waals surface area contributed by atoms with Gasteiger partial charge in [0.05, 0.1) is 5.57 Å². The molecule has 0 aromatic carbocycles. The number of carbonyl (C=O) groups is 2. The van der Waals surface area contributed by atoms with Crippen LogP contribution in [0.25, 0.3) is 0 Å². The van der Waals surface area contributed by atoms with Crippen LogP contribution in [0.5, 0.6) is 0 Å². The molecule has 1 aliphatic heterocycles. The minimum absolute atomic E-state index is 0.0992. The zero-order chi connectivity index (χ0) is 20.3. The lowest BCUT2D eigenvalue weighted by Gasteiger charge is -2.58. The van der Waals surface area contributed by atoms with Crippen LogP contribution in [0.15, 0.2) is 23.4 Å². The largest absolute Gasteiger partial charge is 0.377 e. The van der Waals surface area contributed by atoms with Gasteiger partial charge in [-0.1, -0.05) is 26.3 Å². The summed E-state index contributed by atoms with van der Waals surface area (Å²) in [6, 6.07) is 0. The number of ketones is 1. The van der Waals surface area contributed by atoms with Crippen molar-refractivity contribution in [3.8, 4) is 0 Å². The normalized spacial score (nSPS) is 39.5. The average molecular weight is 385 g/mol. The molecule has 4 heteroatoms. The molecule has 3 aliphatic carbocycles. The Bertz CT molecular complexity index is 750. The molecule has 0 unspecified atom stereocenters. The van der Waals surface area contributed by atoms with E-state index >= 15 is 0 Å². The van der Waals surface area contributed by atoms with Crippen molar-refractivity contribution in [3.63, 3.8) is 0 Å². The first-order chi connectivity index (χ1) is 13.2. The van der Waals surface area contributed by atoms with Crippen LogP contribution in [0, 0.1) is 28.6 Å². The van der Waals surface area contributed by atoms with Crippen molar-refractivity contribution >= 4 is 11.7 Å². The summed E-state index contributed by atoms with van der Waals surface area (Å²) in [7, 11) is 2.14. The zero-order valence-corrected chi connectivity index (χ0v) is 18.3. The topological polar surface area (TPSA) is 40.6 Å². The van der Waals surface area contributed by atoms with Gasteiger partial charge in [-0.15, -0.1) is 0 Å². The van der Waals surface area contributed by atoms with Gasteiger partial charge in [0, 0.05) is 43.9 Å². The van der Waals surface area contributed by atoms with Gasteiger partial charge in [0.2, 0.25) is 0 Å². The van der Waals surface area contributed by atoms with Gasteiger partial charge >= 0.3 is 0 Å². The minimum atomic E-state index is -0.215. The smallest absolute Gasteiger partial charge is 0.257 e. The van der Waals surface area contributed by atoms with E-state index in [1.807, 2.05) is 13.8 Å².